The van der Waals surface area contributed by atoms with Gasteiger partial charge < -0.3 is 10.5 Å². The van der Waals surface area contributed by atoms with Gasteiger partial charge in [0.2, 0.25) is 0 Å². The molecule has 2 aromatic rings. The van der Waals surface area contributed by atoms with E-state index in [1.807, 2.05) is 24.3 Å². The van der Waals surface area contributed by atoms with Crippen LogP contribution in [0, 0.1) is 13.8 Å². The molecule has 0 saturated carbocycles. The summed E-state index contributed by atoms with van der Waals surface area (Å²) < 4.78 is 8.20. The van der Waals surface area contributed by atoms with Crippen LogP contribution in [0.15, 0.2) is 39.3 Å². The Kier molecular flexibility index (Phi) is 5.24. The fourth-order valence-electron chi connectivity index (χ4n) is 2.09. The van der Waals surface area contributed by atoms with Gasteiger partial charge in [0, 0.05) is 8.95 Å². The average molecular weight is 399 g/mol. The topological polar surface area (TPSA) is 35.2 Å². The van der Waals surface area contributed by atoms with Gasteiger partial charge in [0.25, 0.3) is 0 Å². The molecule has 0 heterocycles. The molecule has 0 aliphatic heterocycles. The molecule has 2 N–H and O–H groups in total. The summed E-state index contributed by atoms with van der Waals surface area (Å²) in [6, 6.07) is 10.1. The summed E-state index contributed by atoms with van der Waals surface area (Å²) in [7, 11) is 0. The van der Waals surface area contributed by atoms with E-state index in [4.69, 9.17) is 10.5 Å². The fraction of sp³-hybridized carbons (Fsp3) is 0.250. The monoisotopic (exact) mass is 397 g/mol. The van der Waals surface area contributed by atoms with E-state index >= 15 is 0 Å². The number of hydrogen-bond donors (Lipinski definition) is 1. The Labute approximate surface area is 136 Å². The zero-order valence-corrected chi connectivity index (χ0v) is 14.7. The van der Waals surface area contributed by atoms with Gasteiger partial charge in [0.05, 0.1) is 0 Å². The smallest absolute Gasteiger partial charge is 0.130 e. The second-order valence-corrected chi connectivity index (χ2v) is 6.47. The highest BCUT2D eigenvalue weighted by atomic mass is 79.9. The van der Waals surface area contributed by atoms with E-state index in [0.29, 0.717) is 6.54 Å². The number of hydrogen-bond acceptors (Lipinski definition) is 2. The van der Waals surface area contributed by atoms with Crippen molar-refractivity contribution in [1.82, 2.24) is 0 Å². The Bertz CT molecular complexity index is 603. The number of halogens is 2. The van der Waals surface area contributed by atoms with E-state index in [2.05, 4.69) is 51.8 Å². The van der Waals surface area contributed by atoms with Crippen molar-refractivity contribution in [2.75, 3.05) is 6.54 Å². The van der Waals surface area contributed by atoms with Crippen molar-refractivity contribution in [1.29, 1.82) is 0 Å². The molecule has 0 fully saturated rings. The third-order valence-electron chi connectivity index (χ3n) is 3.07. The maximum Gasteiger partial charge on any atom is 0.130 e. The minimum absolute atomic E-state index is 0.602. The molecule has 2 rings (SSSR count). The van der Waals surface area contributed by atoms with Gasteiger partial charge >= 0.3 is 0 Å². The Morgan fingerprint density at radius 3 is 2.30 bits per heavy atom. The standard InChI is InChI=1S/C16H17Br2NO/c1-10-7-14(8-11(2)16(10)18)20-15-4-3-13(17)9-12(15)5-6-19/h3-4,7-9H,5-6,19H2,1-2H3. The summed E-state index contributed by atoms with van der Waals surface area (Å²) in [6.07, 6.45) is 0.795. The zero-order valence-electron chi connectivity index (χ0n) is 11.5. The van der Waals surface area contributed by atoms with Crippen LogP contribution in [0.4, 0.5) is 0 Å². The van der Waals surface area contributed by atoms with Crippen molar-refractivity contribution in [3.05, 3.63) is 56.0 Å². The predicted molar refractivity (Wildman–Crippen MR) is 90.6 cm³/mol. The van der Waals surface area contributed by atoms with Gasteiger partial charge in [0.1, 0.15) is 11.5 Å². The van der Waals surface area contributed by atoms with E-state index in [1.54, 1.807) is 0 Å². The predicted octanol–water partition coefficient (Wildman–Crippen LogP) is 5.12. The molecule has 20 heavy (non-hydrogen) atoms. The summed E-state index contributed by atoms with van der Waals surface area (Å²) >= 11 is 7.05. The van der Waals surface area contributed by atoms with Crippen LogP contribution < -0.4 is 10.5 Å². The van der Waals surface area contributed by atoms with Gasteiger partial charge in [-0.2, -0.15) is 0 Å². The number of nitrogens with two attached hydrogens (primary N) is 1. The van der Waals surface area contributed by atoms with Crippen LogP contribution in [0.5, 0.6) is 11.5 Å². The zero-order chi connectivity index (χ0) is 14.7. The maximum atomic E-state index is 6.04. The molecule has 4 heteroatoms. The highest BCUT2D eigenvalue weighted by molar-refractivity contribution is 9.10. The van der Waals surface area contributed by atoms with Crippen molar-refractivity contribution < 1.29 is 4.74 Å². The minimum atomic E-state index is 0.602. The summed E-state index contributed by atoms with van der Waals surface area (Å²) in [6.45, 7) is 4.73. The normalized spacial score (nSPS) is 10.7. The lowest BCUT2D eigenvalue weighted by molar-refractivity contribution is 0.475. The molecule has 0 saturated heterocycles. The molecule has 0 bridgehead atoms. The first kappa shape index (κ1) is 15.5. The molecule has 2 nitrogen and oxygen atoms in total. The molecule has 0 aliphatic rings. The molecular weight excluding hydrogens is 382 g/mol. The van der Waals surface area contributed by atoms with E-state index < -0.39 is 0 Å². The lowest BCUT2D eigenvalue weighted by Crippen LogP contribution is -2.04. The fourth-order valence-corrected chi connectivity index (χ4v) is 2.73. The summed E-state index contributed by atoms with van der Waals surface area (Å²) in [5, 5.41) is 0. The van der Waals surface area contributed by atoms with Gasteiger partial charge in [-0.3, -0.25) is 0 Å². The molecule has 106 valence electrons. The van der Waals surface area contributed by atoms with Gasteiger partial charge in [-0.1, -0.05) is 31.9 Å². The quantitative estimate of drug-likeness (QED) is 0.775. The van der Waals surface area contributed by atoms with Crippen molar-refractivity contribution in [2.24, 2.45) is 5.73 Å². The Balaban J connectivity index is 2.34. The highest BCUT2D eigenvalue weighted by Crippen LogP contribution is 2.32. The number of aryl methyl sites for hydroxylation is 2. The van der Waals surface area contributed by atoms with Crippen LogP contribution in [0.2, 0.25) is 0 Å². The van der Waals surface area contributed by atoms with Gasteiger partial charge in [-0.15, -0.1) is 0 Å². The van der Waals surface area contributed by atoms with Crippen LogP contribution >= 0.6 is 31.9 Å². The van der Waals surface area contributed by atoms with Crippen LogP contribution in [0.25, 0.3) is 0 Å². The van der Waals surface area contributed by atoms with Crippen LogP contribution in [0.1, 0.15) is 16.7 Å². The molecule has 0 unspecified atom stereocenters. The Morgan fingerprint density at radius 1 is 1.05 bits per heavy atom. The first-order valence-corrected chi connectivity index (χ1v) is 8.03. The van der Waals surface area contributed by atoms with E-state index in [9.17, 15) is 0 Å². The van der Waals surface area contributed by atoms with Crippen molar-refractivity contribution in [2.45, 2.75) is 20.3 Å². The van der Waals surface area contributed by atoms with Crippen molar-refractivity contribution in [3.8, 4) is 11.5 Å². The molecule has 0 atom stereocenters. The molecule has 2 aromatic carbocycles. The van der Waals surface area contributed by atoms with E-state index in [-0.39, 0.29) is 0 Å². The van der Waals surface area contributed by atoms with E-state index in [0.717, 1.165) is 43.6 Å². The summed E-state index contributed by atoms with van der Waals surface area (Å²) in [5.41, 5.74) is 9.10. The van der Waals surface area contributed by atoms with Gasteiger partial charge in [-0.05, 0) is 73.8 Å². The summed E-state index contributed by atoms with van der Waals surface area (Å²) in [5.74, 6) is 1.71. The maximum absolute atomic E-state index is 6.04. The van der Waals surface area contributed by atoms with Crippen LogP contribution in [-0.2, 0) is 6.42 Å². The van der Waals surface area contributed by atoms with Crippen molar-refractivity contribution >= 4 is 31.9 Å². The third kappa shape index (κ3) is 3.62. The number of rotatable bonds is 4. The van der Waals surface area contributed by atoms with Crippen LogP contribution in [0.3, 0.4) is 0 Å². The second kappa shape index (κ2) is 6.74. The first-order chi connectivity index (χ1) is 9.51. The molecule has 0 spiro atoms. The highest BCUT2D eigenvalue weighted by Gasteiger charge is 2.08. The summed E-state index contributed by atoms with van der Waals surface area (Å²) in [4.78, 5) is 0. The Hall–Kier alpha value is -0.840. The van der Waals surface area contributed by atoms with Crippen molar-refractivity contribution in [3.63, 3.8) is 0 Å². The molecule has 0 amide bonds. The largest absolute Gasteiger partial charge is 0.457 e. The molecule has 0 aromatic heterocycles. The second-order valence-electron chi connectivity index (χ2n) is 4.76. The SMILES string of the molecule is Cc1cc(Oc2ccc(Br)cc2CCN)cc(C)c1Br. The first-order valence-electron chi connectivity index (χ1n) is 6.44. The van der Waals surface area contributed by atoms with Gasteiger partial charge in [-0.25, -0.2) is 0 Å². The molecular formula is C16H17Br2NO. The lowest BCUT2D eigenvalue weighted by atomic mass is 10.1. The van der Waals surface area contributed by atoms with Crippen LogP contribution in [-0.4, -0.2) is 6.54 Å². The minimum Gasteiger partial charge on any atom is -0.457 e. The third-order valence-corrected chi connectivity index (χ3v) is 4.82. The van der Waals surface area contributed by atoms with Gasteiger partial charge in [0.15, 0.2) is 0 Å². The Morgan fingerprint density at radius 2 is 1.70 bits per heavy atom. The molecule has 0 aliphatic carbocycles. The van der Waals surface area contributed by atoms with E-state index in [1.165, 1.54) is 0 Å². The lowest BCUT2D eigenvalue weighted by Gasteiger charge is -2.13. The number of benzene rings is 2. The number of ether oxygens (including phenoxy) is 1. The average Bonchev–Trinajstić information content (AvgIpc) is 2.39. The molecule has 0 radical (unpaired) electrons.